The molecule has 1 amide bonds. The lowest BCUT2D eigenvalue weighted by molar-refractivity contribution is -0.118. The van der Waals surface area contributed by atoms with Gasteiger partial charge in [-0.2, -0.15) is 0 Å². The number of rotatable bonds is 2. The van der Waals surface area contributed by atoms with Gasteiger partial charge in [0.1, 0.15) is 6.04 Å². The fourth-order valence-corrected chi connectivity index (χ4v) is 2.18. The van der Waals surface area contributed by atoms with Gasteiger partial charge in [-0.1, -0.05) is 24.6 Å². The number of carbonyl (C=O) groups is 1. The van der Waals surface area contributed by atoms with Crippen LogP contribution in [-0.4, -0.2) is 11.9 Å². The number of carbonyl (C=O) groups excluding carboxylic acids is 1. The Hall–Kier alpha value is -1.35. The van der Waals surface area contributed by atoms with Crippen LogP contribution >= 0.6 is 0 Å². The quantitative estimate of drug-likeness (QED) is 0.768. The summed E-state index contributed by atoms with van der Waals surface area (Å²) >= 11 is 0. The van der Waals surface area contributed by atoms with E-state index < -0.39 is 0 Å². The Bertz CT molecular complexity index is 398. The highest BCUT2D eigenvalue weighted by atomic mass is 16.2. The van der Waals surface area contributed by atoms with Crippen LogP contribution in [0.5, 0.6) is 0 Å². The van der Waals surface area contributed by atoms with E-state index in [1.807, 2.05) is 24.3 Å². The van der Waals surface area contributed by atoms with Crippen LogP contribution in [-0.2, 0) is 4.79 Å². The average Bonchev–Trinajstić information content (AvgIpc) is 2.48. The van der Waals surface area contributed by atoms with Gasteiger partial charge in [-0.15, -0.1) is 0 Å². The number of hydrogen-bond acceptors (Lipinski definition) is 2. The smallest absolute Gasteiger partial charge is 0.246 e. The van der Waals surface area contributed by atoms with Gasteiger partial charge in [0.25, 0.3) is 0 Å². The molecule has 3 heteroatoms. The third-order valence-corrected chi connectivity index (χ3v) is 3.30. The standard InChI is InChI=1S/C12H14N2O/c15-12-11(13-8-4-3-5-8)9-6-1-2-7-10(9)14-12/h1-2,6-8,11,13H,3-5H2,(H,14,15). The van der Waals surface area contributed by atoms with Crippen molar-refractivity contribution < 1.29 is 4.79 Å². The Kier molecular flexibility index (Phi) is 1.99. The highest BCUT2D eigenvalue weighted by molar-refractivity contribution is 6.02. The van der Waals surface area contributed by atoms with E-state index in [4.69, 9.17) is 0 Å². The Morgan fingerprint density at radius 2 is 2.07 bits per heavy atom. The van der Waals surface area contributed by atoms with Gasteiger partial charge in [0.2, 0.25) is 5.91 Å². The molecule has 0 aromatic heterocycles. The summed E-state index contributed by atoms with van der Waals surface area (Å²) in [7, 11) is 0. The summed E-state index contributed by atoms with van der Waals surface area (Å²) in [5, 5.41) is 6.31. The van der Waals surface area contributed by atoms with E-state index in [1.165, 1.54) is 19.3 Å². The first-order valence-corrected chi connectivity index (χ1v) is 5.50. The molecule has 0 bridgehead atoms. The molecule has 3 rings (SSSR count). The van der Waals surface area contributed by atoms with Crippen molar-refractivity contribution in [3.05, 3.63) is 29.8 Å². The van der Waals surface area contributed by atoms with Gasteiger partial charge in [-0.05, 0) is 18.9 Å². The Balaban J connectivity index is 1.85. The summed E-state index contributed by atoms with van der Waals surface area (Å²) in [4.78, 5) is 11.7. The van der Waals surface area contributed by atoms with E-state index in [1.54, 1.807) is 0 Å². The van der Waals surface area contributed by atoms with Crippen LogP contribution < -0.4 is 10.6 Å². The van der Waals surface area contributed by atoms with Gasteiger partial charge in [0.15, 0.2) is 0 Å². The Morgan fingerprint density at radius 3 is 2.80 bits per heavy atom. The molecule has 3 nitrogen and oxygen atoms in total. The second-order valence-corrected chi connectivity index (χ2v) is 4.30. The summed E-state index contributed by atoms with van der Waals surface area (Å²) in [6.45, 7) is 0. The summed E-state index contributed by atoms with van der Waals surface area (Å²) in [5.74, 6) is 0.0862. The molecule has 1 aromatic rings. The minimum Gasteiger partial charge on any atom is -0.324 e. The Labute approximate surface area is 88.9 Å². The molecule has 1 aliphatic carbocycles. The maximum absolute atomic E-state index is 11.7. The van der Waals surface area contributed by atoms with Gasteiger partial charge >= 0.3 is 0 Å². The minimum atomic E-state index is -0.133. The lowest BCUT2D eigenvalue weighted by Crippen LogP contribution is -2.40. The van der Waals surface area contributed by atoms with Crippen molar-refractivity contribution in [2.45, 2.75) is 31.3 Å². The molecular weight excluding hydrogens is 188 g/mol. The normalized spacial score (nSPS) is 24.5. The lowest BCUT2D eigenvalue weighted by Gasteiger charge is -2.29. The molecule has 1 heterocycles. The second kappa shape index (κ2) is 3.35. The van der Waals surface area contributed by atoms with E-state index in [0.29, 0.717) is 6.04 Å². The first-order valence-electron chi connectivity index (χ1n) is 5.50. The zero-order valence-electron chi connectivity index (χ0n) is 8.49. The van der Waals surface area contributed by atoms with Crippen molar-refractivity contribution in [2.24, 2.45) is 0 Å². The van der Waals surface area contributed by atoms with Crippen molar-refractivity contribution in [3.8, 4) is 0 Å². The zero-order valence-corrected chi connectivity index (χ0v) is 8.49. The van der Waals surface area contributed by atoms with Crippen molar-refractivity contribution in [1.82, 2.24) is 5.32 Å². The maximum Gasteiger partial charge on any atom is 0.246 e. The predicted octanol–water partition coefficient (Wildman–Crippen LogP) is 1.82. The van der Waals surface area contributed by atoms with Gasteiger partial charge in [0.05, 0.1) is 0 Å². The largest absolute Gasteiger partial charge is 0.324 e. The third kappa shape index (κ3) is 1.43. The molecule has 0 saturated heterocycles. The minimum absolute atomic E-state index is 0.0862. The number of hydrogen-bond donors (Lipinski definition) is 2. The number of anilines is 1. The van der Waals surface area contributed by atoms with Crippen molar-refractivity contribution in [2.75, 3.05) is 5.32 Å². The molecule has 78 valence electrons. The van der Waals surface area contributed by atoms with Crippen molar-refractivity contribution in [1.29, 1.82) is 0 Å². The van der Waals surface area contributed by atoms with E-state index in [9.17, 15) is 4.79 Å². The van der Waals surface area contributed by atoms with E-state index in [0.717, 1.165) is 11.3 Å². The molecule has 0 spiro atoms. The van der Waals surface area contributed by atoms with Crippen molar-refractivity contribution in [3.63, 3.8) is 0 Å². The number of nitrogens with one attached hydrogen (secondary N) is 2. The summed E-state index contributed by atoms with van der Waals surface area (Å²) in [5.41, 5.74) is 2.05. The molecule has 1 aromatic carbocycles. The topological polar surface area (TPSA) is 41.1 Å². The van der Waals surface area contributed by atoms with Crippen LogP contribution in [0.4, 0.5) is 5.69 Å². The SMILES string of the molecule is O=C1Nc2ccccc2C1NC1CCC1. The highest BCUT2D eigenvalue weighted by Crippen LogP contribution is 2.32. The fourth-order valence-electron chi connectivity index (χ4n) is 2.18. The van der Waals surface area contributed by atoms with Crippen LogP contribution in [0.1, 0.15) is 30.9 Å². The molecule has 1 aliphatic heterocycles. The monoisotopic (exact) mass is 202 g/mol. The molecule has 1 saturated carbocycles. The number of fused-ring (bicyclic) bond motifs is 1. The van der Waals surface area contributed by atoms with E-state index >= 15 is 0 Å². The maximum atomic E-state index is 11.7. The van der Waals surface area contributed by atoms with Gasteiger partial charge in [0, 0.05) is 17.3 Å². The van der Waals surface area contributed by atoms with E-state index in [2.05, 4.69) is 10.6 Å². The first kappa shape index (κ1) is 8.92. The van der Waals surface area contributed by atoms with Crippen LogP contribution in [0.25, 0.3) is 0 Å². The fraction of sp³-hybridized carbons (Fsp3) is 0.417. The Morgan fingerprint density at radius 1 is 1.27 bits per heavy atom. The molecule has 1 fully saturated rings. The van der Waals surface area contributed by atoms with Gasteiger partial charge in [-0.25, -0.2) is 0 Å². The molecule has 1 atom stereocenters. The molecule has 2 aliphatic rings. The number of para-hydroxylation sites is 1. The van der Waals surface area contributed by atoms with Crippen LogP contribution in [0.3, 0.4) is 0 Å². The zero-order chi connectivity index (χ0) is 10.3. The second-order valence-electron chi connectivity index (χ2n) is 4.30. The van der Waals surface area contributed by atoms with Crippen LogP contribution in [0.2, 0.25) is 0 Å². The summed E-state index contributed by atoms with van der Waals surface area (Å²) in [6.07, 6.45) is 3.69. The highest BCUT2D eigenvalue weighted by Gasteiger charge is 2.32. The van der Waals surface area contributed by atoms with Gasteiger partial charge < -0.3 is 5.32 Å². The molecule has 0 radical (unpaired) electrons. The predicted molar refractivity (Wildman–Crippen MR) is 58.6 cm³/mol. The van der Waals surface area contributed by atoms with Gasteiger partial charge in [-0.3, -0.25) is 10.1 Å². The first-order chi connectivity index (χ1) is 7.34. The molecule has 2 N–H and O–H groups in total. The molecular formula is C12H14N2O. The molecule has 15 heavy (non-hydrogen) atoms. The van der Waals surface area contributed by atoms with Crippen molar-refractivity contribution >= 4 is 11.6 Å². The lowest BCUT2D eigenvalue weighted by atomic mass is 9.91. The van der Waals surface area contributed by atoms with Crippen LogP contribution in [0.15, 0.2) is 24.3 Å². The molecule has 1 unspecified atom stereocenters. The average molecular weight is 202 g/mol. The number of benzene rings is 1. The van der Waals surface area contributed by atoms with Crippen LogP contribution in [0, 0.1) is 0 Å². The van der Waals surface area contributed by atoms with E-state index in [-0.39, 0.29) is 11.9 Å². The summed E-state index contributed by atoms with van der Waals surface area (Å²) in [6, 6.07) is 8.30. The summed E-state index contributed by atoms with van der Waals surface area (Å²) < 4.78 is 0. The number of amides is 1. The third-order valence-electron chi connectivity index (χ3n) is 3.30.